The molecule has 2 amide bonds. The van der Waals surface area contributed by atoms with E-state index in [0.29, 0.717) is 16.3 Å². The van der Waals surface area contributed by atoms with Gasteiger partial charge in [-0.05, 0) is 17.7 Å². The van der Waals surface area contributed by atoms with Crippen LogP contribution >= 0.6 is 11.6 Å². The van der Waals surface area contributed by atoms with Crippen molar-refractivity contribution in [3.63, 3.8) is 0 Å². The van der Waals surface area contributed by atoms with Crippen LogP contribution in [0.25, 0.3) is 0 Å². The van der Waals surface area contributed by atoms with Crippen molar-refractivity contribution < 1.29 is 14.3 Å². The van der Waals surface area contributed by atoms with Gasteiger partial charge in [0.15, 0.2) is 0 Å². The van der Waals surface area contributed by atoms with Crippen molar-refractivity contribution in [3.05, 3.63) is 28.8 Å². The van der Waals surface area contributed by atoms with Crippen molar-refractivity contribution in [2.45, 2.75) is 6.54 Å². The maximum atomic E-state index is 11.5. The van der Waals surface area contributed by atoms with E-state index in [1.807, 2.05) is 0 Å². The van der Waals surface area contributed by atoms with Gasteiger partial charge >= 0.3 is 0 Å². The Kier molecular flexibility index (Phi) is 3.31. The molecule has 1 heterocycles. The quantitative estimate of drug-likeness (QED) is 0.626. The van der Waals surface area contributed by atoms with E-state index < -0.39 is 0 Å². The molecule has 6 heteroatoms. The monoisotopic (exact) mass is 254 g/mol. The lowest BCUT2D eigenvalue weighted by molar-refractivity contribution is -0.159. The lowest BCUT2D eigenvalue weighted by Gasteiger charge is -2.25. The van der Waals surface area contributed by atoms with Crippen LogP contribution in [0.2, 0.25) is 5.02 Å². The first kappa shape index (κ1) is 11.9. The fraction of sp³-hybridized carbons (Fsp3) is 0.273. The lowest BCUT2D eigenvalue weighted by Crippen LogP contribution is -2.45. The number of anilines is 1. The smallest absolute Gasteiger partial charge is 0.255 e. The Morgan fingerprint density at radius 3 is 2.53 bits per heavy atom. The maximum absolute atomic E-state index is 11.5. The molecule has 0 aromatic heterocycles. The minimum atomic E-state index is -0.353. The van der Waals surface area contributed by atoms with E-state index >= 15 is 0 Å². The number of imide groups is 1. The fourth-order valence-electron chi connectivity index (χ4n) is 1.56. The van der Waals surface area contributed by atoms with Gasteiger partial charge in [0.05, 0.1) is 6.54 Å². The molecule has 0 radical (unpaired) electrons. The maximum Gasteiger partial charge on any atom is 0.255 e. The molecular formula is C11H11ClN2O3. The SMILES string of the molecule is Nc1ccc(CN2C(=O)COCC2=O)c(Cl)c1. The Labute approximate surface area is 103 Å². The van der Waals surface area contributed by atoms with Crippen molar-refractivity contribution in [2.75, 3.05) is 18.9 Å². The Morgan fingerprint density at radius 2 is 1.94 bits per heavy atom. The molecule has 2 N–H and O–H groups in total. The Hall–Kier alpha value is -1.59. The molecule has 0 saturated carbocycles. The third-order valence-electron chi connectivity index (χ3n) is 2.46. The molecule has 90 valence electrons. The first-order chi connectivity index (χ1) is 8.08. The van der Waals surface area contributed by atoms with Crippen LogP contribution in [-0.2, 0) is 20.9 Å². The number of rotatable bonds is 2. The summed E-state index contributed by atoms with van der Waals surface area (Å²) in [7, 11) is 0. The standard InChI is InChI=1S/C11H11ClN2O3/c12-9-3-8(13)2-1-7(9)4-14-10(15)5-17-6-11(14)16/h1-3H,4-6,13H2. The van der Waals surface area contributed by atoms with Crippen LogP contribution in [0, 0.1) is 0 Å². The van der Waals surface area contributed by atoms with Gasteiger partial charge in [-0.15, -0.1) is 0 Å². The third kappa shape index (κ3) is 2.57. The molecule has 0 atom stereocenters. The van der Waals surface area contributed by atoms with Crippen LogP contribution in [0.5, 0.6) is 0 Å². The second-order valence-corrected chi connectivity index (χ2v) is 4.12. The van der Waals surface area contributed by atoms with Gasteiger partial charge in [-0.25, -0.2) is 0 Å². The second kappa shape index (κ2) is 4.73. The van der Waals surface area contributed by atoms with Crippen LogP contribution in [0.15, 0.2) is 18.2 Å². The highest BCUT2D eigenvalue weighted by atomic mass is 35.5. The zero-order valence-corrected chi connectivity index (χ0v) is 9.74. The van der Waals surface area contributed by atoms with Crippen molar-refractivity contribution in [1.82, 2.24) is 4.90 Å². The van der Waals surface area contributed by atoms with Crippen molar-refractivity contribution in [2.24, 2.45) is 0 Å². The molecule has 0 bridgehead atoms. The molecule has 1 aliphatic rings. The molecule has 1 aliphatic heterocycles. The number of amides is 2. The number of carbonyl (C=O) groups excluding carboxylic acids is 2. The Balaban J connectivity index is 2.19. The molecule has 0 aliphatic carbocycles. The second-order valence-electron chi connectivity index (χ2n) is 3.72. The highest BCUT2D eigenvalue weighted by Gasteiger charge is 2.27. The summed E-state index contributed by atoms with van der Waals surface area (Å²) in [5.74, 6) is -0.705. The highest BCUT2D eigenvalue weighted by molar-refractivity contribution is 6.31. The Morgan fingerprint density at radius 1 is 1.29 bits per heavy atom. The van der Waals surface area contributed by atoms with Crippen molar-refractivity contribution in [1.29, 1.82) is 0 Å². The van der Waals surface area contributed by atoms with Gasteiger partial charge < -0.3 is 10.5 Å². The van der Waals surface area contributed by atoms with E-state index in [1.165, 1.54) is 0 Å². The molecule has 0 spiro atoms. The number of hydrogen-bond donors (Lipinski definition) is 1. The Bertz CT molecular complexity index is 460. The van der Waals surface area contributed by atoms with Gasteiger partial charge in [-0.2, -0.15) is 0 Å². The molecule has 1 aromatic rings. The fourth-order valence-corrected chi connectivity index (χ4v) is 1.81. The summed E-state index contributed by atoms with van der Waals surface area (Å²) < 4.78 is 4.82. The normalized spacial score (nSPS) is 16.4. The number of nitrogens with two attached hydrogens (primary N) is 1. The molecule has 0 unspecified atom stereocenters. The van der Waals surface area contributed by atoms with Crippen LogP contribution in [0.4, 0.5) is 5.69 Å². The topological polar surface area (TPSA) is 72.6 Å². The van der Waals surface area contributed by atoms with Gasteiger partial charge in [0.25, 0.3) is 11.8 Å². The number of hydrogen-bond acceptors (Lipinski definition) is 4. The zero-order valence-electron chi connectivity index (χ0n) is 8.98. The van der Waals surface area contributed by atoms with Crippen molar-refractivity contribution >= 4 is 29.1 Å². The number of carbonyl (C=O) groups is 2. The summed E-state index contributed by atoms with van der Waals surface area (Å²) in [6, 6.07) is 4.97. The summed E-state index contributed by atoms with van der Waals surface area (Å²) in [6.45, 7) is 0.0107. The van der Waals surface area contributed by atoms with E-state index in [1.54, 1.807) is 18.2 Å². The third-order valence-corrected chi connectivity index (χ3v) is 2.81. The van der Waals surface area contributed by atoms with Gasteiger partial charge in [-0.1, -0.05) is 17.7 Å². The molecule has 1 fully saturated rings. The summed E-state index contributed by atoms with van der Waals surface area (Å²) >= 11 is 5.98. The van der Waals surface area contributed by atoms with Gasteiger partial charge in [0, 0.05) is 10.7 Å². The van der Waals surface area contributed by atoms with Gasteiger partial charge in [-0.3, -0.25) is 14.5 Å². The van der Waals surface area contributed by atoms with E-state index in [-0.39, 0.29) is 31.6 Å². The minimum absolute atomic E-state index is 0.0711. The zero-order chi connectivity index (χ0) is 12.4. The average Bonchev–Trinajstić information content (AvgIpc) is 2.26. The molecular weight excluding hydrogens is 244 g/mol. The van der Waals surface area contributed by atoms with Crippen LogP contribution in [0.1, 0.15) is 5.56 Å². The summed E-state index contributed by atoms with van der Waals surface area (Å²) in [5.41, 5.74) is 6.79. The number of ether oxygens (including phenoxy) is 1. The van der Waals surface area contributed by atoms with Gasteiger partial charge in [0.1, 0.15) is 13.2 Å². The molecule has 1 aromatic carbocycles. The first-order valence-electron chi connectivity index (χ1n) is 5.03. The van der Waals surface area contributed by atoms with E-state index in [0.717, 1.165) is 4.90 Å². The van der Waals surface area contributed by atoms with E-state index in [2.05, 4.69) is 0 Å². The predicted molar refractivity (Wildman–Crippen MR) is 62.2 cm³/mol. The average molecular weight is 255 g/mol. The van der Waals surface area contributed by atoms with Crippen LogP contribution in [0.3, 0.4) is 0 Å². The molecule has 17 heavy (non-hydrogen) atoms. The molecule has 5 nitrogen and oxygen atoms in total. The number of halogens is 1. The lowest BCUT2D eigenvalue weighted by atomic mass is 10.2. The first-order valence-corrected chi connectivity index (χ1v) is 5.40. The molecule has 2 rings (SSSR count). The largest absolute Gasteiger partial charge is 0.399 e. The summed E-state index contributed by atoms with van der Waals surface area (Å²) in [6.07, 6.45) is 0. The van der Waals surface area contributed by atoms with Crippen LogP contribution < -0.4 is 5.73 Å². The van der Waals surface area contributed by atoms with Crippen molar-refractivity contribution in [3.8, 4) is 0 Å². The molecule has 1 saturated heterocycles. The number of nitrogen functional groups attached to an aromatic ring is 1. The number of nitrogens with zero attached hydrogens (tertiary/aromatic N) is 1. The number of benzene rings is 1. The predicted octanol–water partition coefficient (Wildman–Crippen LogP) is 0.808. The summed E-state index contributed by atoms with van der Waals surface area (Å²) in [5, 5.41) is 0.442. The summed E-state index contributed by atoms with van der Waals surface area (Å²) in [4.78, 5) is 24.1. The van der Waals surface area contributed by atoms with E-state index in [9.17, 15) is 9.59 Å². The van der Waals surface area contributed by atoms with Crippen LogP contribution in [-0.4, -0.2) is 29.9 Å². The minimum Gasteiger partial charge on any atom is -0.399 e. The highest BCUT2D eigenvalue weighted by Crippen LogP contribution is 2.21. The van der Waals surface area contributed by atoms with E-state index in [4.69, 9.17) is 22.1 Å². The number of morpholine rings is 1. The van der Waals surface area contributed by atoms with Gasteiger partial charge in [0.2, 0.25) is 0 Å².